The van der Waals surface area contributed by atoms with Crippen LogP contribution in [0.25, 0.3) is 0 Å². The van der Waals surface area contributed by atoms with E-state index in [9.17, 15) is 4.79 Å². The number of nitriles is 1. The second-order valence-corrected chi connectivity index (χ2v) is 5.29. The van der Waals surface area contributed by atoms with Crippen LogP contribution in [0.1, 0.15) is 33.3 Å². The first-order valence-electron chi connectivity index (χ1n) is 6.46. The van der Waals surface area contributed by atoms with Crippen LogP contribution >= 0.6 is 0 Å². The summed E-state index contributed by atoms with van der Waals surface area (Å²) in [6.07, 6.45) is 0. The number of ether oxygens (including phenoxy) is 2. The molecule has 0 saturated heterocycles. The average Bonchev–Trinajstić information content (AvgIpc) is 2.35. The van der Waals surface area contributed by atoms with Gasteiger partial charge < -0.3 is 14.8 Å². The minimum Gasteiger partial charge on any atom is -0.490 e. The average molecular weight is 276 g/mol. The maximum atomic E-state index is 11.7. The molecule has 0 unspecified atom stereocenters. The number of carbonyl (C=O) groups excluding carboxylic acids is 1. The third kappa shape index (κ3) is 5.19. The summed E-state index contributed by atoms with van der Waals surface area (Å²) < 4.78 is 10.9. The molecule has 0 radical (unpaired) electrons. The Labute approximate surface area is 119 Å². The lowest BCUT2D eigenvalue weighted by molar-refractivity contribution is -0.124. The molecular weight excluding hydrogens is 256 g/mol. The molecule has 0 heterocycles. The SMILES string of the molecule is CCOc1cc(C#N)ccc1OCC(=O)NC(C)(C)C. The molecular formula is C15H20N2O3. The minimum atomic E-state index is -0.298. The minimum absolute atomic E-state index is 0.0940. The van der Waals surface area contributed by atoms with Crippen LogP contribution in [0.3, 0.4) is 0 Å². The van der Waals surface area contributed by atoms with Gasteiger partial charge >= 0.3 is 0 Å². The van der Waals surface area contributed by atoms with Crippen molar-refractivity contribution < 1.29 is 14.3 Å². The molecule has 1 N–H and O–H groups in total. The van der Waals surface area contributed by atoms with Gasteiger partial charge in [-0.05, 0) is 39.8 Å². The van der Waals surface area contributed by atoms with Crippen molar-refractivity contribution in [1.29, 1.82) is 5.26 Å². The molecule has 0 fully saturated rings. The molecule has 0 saturated carbocycles. The Bertz CT molecular complexity index is 513. The van der Waals surface area contributed by atoms with Gasteiger partial charge in [-0.25, -0.2) is 0 Å². The van der Waals surface area contributed by atoms with E-state index >= 15 is 0 Å². The lowest BCUT2D eigenvalue weighted by Gasteiger charge is -2.20. The Balaban J connectivity index is 2.72. The van der Waals surface area contributed by atoms with Crippen molar-refractivity contribution in [2.24, 2.45) is 0 Å². The van der Waals surface area contributed by atoms with Crippen LogP contribution in [0.5, 0.6) is 11.5 Å². The predicted octanol–water partition coefficient (Wildman–Crippen LogP) is 2.25. The maximum Gasteiger partial charge on any atom is 0.258 e. The van der Waals surface area contributed by atoms with Crippen molar-refractivity contribution in [3.8, 4) is 17.6 Å². The molecule has 0 atom stereocenters. The molecule has 108 valence electrons. The Hall–Kier alpha value is -2.22. The Morgan fingerprint density at radius 2 is 2.00 bits per heavy atom. The summed E-state index contributed by atoms with van der Waals surface area (Å²) in [5, 5.41) is 11.7. The fourth-order valence-corrected chi connectivity index (χ4v) is 1.56. The van der Waals surface area contributed by atoms with Crippen molar-refractivity contribution >= 4 is 5.91 Å². The second-order valence-electron chi connectivity index (χ2n) is 5.29. The van der Waals surface area contributed by atoms with Gasteiger partial charge in [-0.2, -0.15) is 5.26 Å². The number of benzene rings is 1. The summed E-state index contributed by atoms with van der Waals surface area (Å²) in [5.41, 5.74) is 0.188. The van der Waals surface area contributed by atoms with Gasteiger partial charge in [0.05, 0.1) is 18.2 Å². The lowest BCUT2D eigenvalue weighted by atomic mass is 10.1. The first-order chi connectivity index (χ1) is 9.35. The quantitative estimate of drug-likeness (QED) is 0.895. The maximum absolute atomic E-state index is 11.7. The summed E-state index contributed by atoms with van der Waals surface area (Å²) in [5.74, 6) is 0.717. The molecule has 0 bridgehead atoms. The van der Waals surface area contributed by atoms with Gasteiger partial charge in [0.15, 0.2) is 18.1 Å². The topological polar surface area (TPSA) is 71.3 Å². The van der Waals surface area contributed by atoms with E-state index in [-0.39, 0.29) is 18.1 Å². The number of rotatable bonds is 5. The van der Waals surface area contributed by atoms with Crippen molar-refractivity contribution in [2.75, 3.05) is 13.2 Å². The fraction of sp³-hybridized carbons (Fsp3) is 0.467. The van der Waals surface area contributed by atoms with E-state index in [0.717, 1.165) is 0 Å². The summed E-state index contributed by atoms with van der Waals surface area (Å²) in [6, 6.07) is 6.89. The summed E-state index contributed by atoms with van der Waals surface area (Å²) in [4.78, 5) is 11.7. The van der Waals surface area contributed by atoms with Gasteiger partial charge in [-0.15, -0.1) is 0 Å². The molecule has 1 rings (SSSR count). The van der Waals surface area contributed by atoms with Crippen LogP contribution in [-0.2, 0) is 4.79 Å². The Morgan fingerprint density at radius 3 is 2.55 bits per heavy atom. The molecule has 0 aliphatic rings. The van der Waals surface area contributed by atoms with Crippen molar-refractivity contribution in [3.63, 3.8) is 0 Å². The van der Waals surface area contributed by atoms with Crippen LogP contribution in [0, 0.1) is 11.3 Å². The van der Waals surface area contributed by atoms with Gasteiger partial charge in [0.2, 0.25) is 0 Å². The lowest BCUT2D eigenvalue weighted by Crippen LogP contribution is -2.43. The normalized spacial score (nSPS) is 10.6. The zero-order valence-electron chi connectivity index (χ0n) is 12.3. The van der Waals surface area contributed by atoms with Crippen LogP contribution in [0.15, 0.2) is 18.2 Å². The Morgan fingerprint density at radius 1 is 1.30 bits per heavy atom. The zero-order chi connectivity index (χ0) is 15.2. The monoisotopic (exact) mass is 276 g/mol. The van der Waals surface area contributed by atoms with Crippen LogP contribution in [0.4, 0.5) is 0 Å². The van der Waals surface area contributed by atoms with E-state index in [2.05, 4.69) is 5.32 Å². The first kappa shape index (κ1) is 15.8. The number of hydrogen-bond donors (Lipinski definition) is 1. The smallest absolute Gasteiger partial charge is 0.258 e. The first-order valence-corrected chi connectivity index (χ1v) is 6.46. The van der Waals surface area contributed by atoms with Gasteiger partial charge in [0, 0.05) is 11.6 Å². The van der Waals surface area contributed by atoms with Gasteiger partial charge in [-0.3, -0.25) is 4.79 Å². The van der Waals surface area contributed by atoms with Crippen molar-refractivity contribution in [1.82, 2.24) is 5.32 Å². The number of nitrogens with one attached hydrogen (secondary N) is 1. The second kappa shape index (κ2) is 6.80. The largest absolute Gasteiger partial charge is 0.490 e. The van der Waals surface area contributed by atoms with Gasteiger partial charge in [0.25, 0.3) is 5.91 Å². The Kier molecular flexibility index (Phi) is 5.39. The number of nitrogens with zero attached hydrogens (tertiary/aromatic N) is 1. The molecule has 20 heavy (non-hydrogen) atoms. The van der Waals surface area contributed by atoms with Crippen LogP contribution < -0.4 is 14.8 Å². The number of hydrogen-bond acceptors (Lipinski definition) is 4. The third-order valence-electron chi connectivity index (χ3n) is 2.25. The zero-order valence-corrected chi connectivity index (χ0v) is 12.3. The molecule has 5 heteroatoms. The highest BCUT2D eigenvalue weighted by atomic mass is 16.5. The molecule has 0 aliphatic heterocycles. The molecule has 0 aliphatic carbocycles. The molecule has 0 aromatic heterocycles. The molecule has 1 aromatic carbocycles. The highest BCUT2D eigenvalue weighted by Gasteiger charge is 2.15. The fourth-order valence-electron chi connectivity index (χ4n) is 1.56. The van der Waals surface area contributed by atoms with E-state index < -0.39 is 0 Å². The molecule has 1 amide bonds. The highest BCUT2D eigenvalue weighted by molar-refractivity contribution is 5.78. The molecule has 5 nitrogen and oxygen atoms in total. The molecule has 1 aromatic rings. The van der Waals surface area contributed by atoms with Gasteiger partial charge in [0.1, 0.15) is 0 Å². The molecule has 0 spiro atoms. The summed E-state index contributed by atoms with van der Waals surface area (Å²) in [7, 11) is 0. The van der Waals surface area contributed by atoms with E-state index in [0.29, 0.717) is 23.7 Å². The standard InChI is InChI=1S/C15H20N2O3/c1-5-19-13-8-11(9-16)6-7-12(13)20-10-14(18)17-15(2,3)4/h6-8H,5,10H2,1-4H3,(H,17,18). The van der Waals surface area contributed by atoms with Gasteiger partial charge in [-0.1, -0.05) is 0 Å². The van der Waals surface area contributed by atoms with E-state index in [4.69, 9.17) is 14.7 Å². The number of carbonyl (C=O) groups is 1. The third-order valence-corrected chi connectivity index (χ3v) is 2.25. The predicted molar refractivity (Wildman–Crippen MR) is 75.7 cm³/mol. The van der Waals surface area contributed by atoms with Crippen LogP contribution in [-0.4, -0.2) is 24.7 Å². The summed E-state index contributed by atoms with van der Waals surface area (Å²) >= 11 is 0. The van der Waals surface area contributed by atoms with Crippen LogP contribution in [0.2, 0.25) is 0 Å². The number of amides is 1. The van der Waals surface area contributed by atoms with Crippen molar-refractivity contribution in [3.05, 3.63) is 23.8 Å². The van der Waals surface area contributed by atoms with E-state index in [1.807, 2.05) is 33.8 Å². The van der Waals surface area contributed by atoms with E-state index in [1.54, 1.807) is 18.2 Å². The summed E-state index contributed by atoms with van der Waals surface area (Å²) in [6.45, 7) is 7.91. The van der Waals surface area contributed by atoms with Crippen molar-refractivity contribution in [2.45, 2.75) is 33.2 Å². The van der Waals surface area contributed by atoms with E-state index in [1.165, 1.54) is 0 Å². The highest BCUT2D eigenvalue weighted by Crippen LogP contribution is 2.28.